The molecule has 0 fully saturated rings. The molecule has 0 saturated heterocycles. The van der Waals surface area contributed by atoms with Gasteiger partial charge in [0, 0.05) is 24.7 Å². The van der Waals surface area contributed by atoms with Gasteiger partial charge in [0.05, 0.1) is 0 Å². The highest BCUT2D eigenvalue weighted by Crippen LogP contribution is 2.38. The third kappa shape index (κ3) is 2.08. The molecule has 20 heavy (non-hydrogen) atoms. The van der Waals surface area contributed by atoms with Crippen LogP contribution in [0.3, 0.4) is 0 Å². The predicted octanol–water partition coefficient (Wildman–Crippen LogP) is 1.13. The molecule has 1 amide bonds. The lowest BCUT2D eigenvalue weighted by Crippen LogP contribution is -2.43. The fourth-order valence-corrected chi connectivity index (χ4v) is 3.66. The van der Waals surface area contributed by atoms with E-state index in [9.17, 15) is 4.79 Å². The van der Waals surface area contributed by atoms with Gasteiger partial charge in [-0.15, -0.1) is 0 Å². The maximum atomic E-state index is 11.7. The third-order valence-electron chi connectivity index (χ3n) is 4.63. The van der Waals surface area contributed by atoms with E-state index < -0.39 is 0 Å². The number of benzene rings is 1. The Bertz CT molecular complexity index is 541. The highest BCUT2D eigenvalue weighted by atomic mass is 16.1. The number of hydrogen-bond acceptors (Lipinski definition) is 3. The molecule has 4 heteroatoms. The number of carbonyl (C=O) groups is 1. The first-order valence-electron chi connectivity index (χ1n) is 7.57. The molecule has 4 N–H and O–H groups in total. The van der Waals surface area contributed by atoms with E-state index in [4.69, 9.17) is 11.5 Å². The number of aryl methyl sites for hydroxylation is 1. The Kier molecular flexibility index (Phi) is 3.42. The van der Waals surface area contributed by atoms with Crippen LogP contribution in [0.25, 0.3) is 0 Å². The van der Waals surface area contributed by atoms with Gasteiger partial charge in [0.25, 0.3) is 0 Å². The summed E-state index contributed by atoms with van der Waals surface area (Å²) in [5.74, 6) is -0.219. The number of anilines is 1. The van der Waals surface area contributed by atoms with E-state index in [1.807, 2.05) is 0 Å². The Hall–Kier alpha value is -1.55. The number of primary amides is 1. The molecule has 2 atom stereocenters. The van der Waals surface area contributed by atoms with E-state index in [-0.39, 0.29) is 18.0 Å². The topological polar surface area (TPSA) is 72.3 Å². The molecule has 0 bridgehead atoms. The number of fused-ring (bicyclic) bond motifs is 3. The van der Waals surface area contributed by atoms with Gasteiger partial charge in [0.2, 0.25) is 5.91 Å². The van der Waals surface area contributed by atoms with Crippen LogP contribution in [0, 0.1) is 0 Å². The minimum Gasteiger partial charge on any atom is -0.368 e. The Morgan fingerprint density at radius 1 is 1.35 bits per heavy atom. The van der Waals surface area contributed by atoms with Crippen LogP contribution in [0.4, 0.5) is 5.69 Å². The summed E-state index contributed by atoms with van der Waals surface area (Å²) < 4.78 is 0. The van der Waals surface area contributed by atoms with Gasteiger partial charge in [-0.1, -0.05) is 13.0 Å². The summed E-state index contributed by atoms with van der Waals surface area (Å²) >= 11 is 0. The largest absolute Gasteiger partial charge is 0.368 e. The predicted molar refractivity (Wildman–Crippen MR) is 80.8 cm³/mol. The van der Waals surface area contributed by atoms with Gasteiger partial charge < -0.3 is 16.4 Å². The van der Waals surface area contributed by atoms with Gasteiger partial charge in [-0.2, -0.15) is 0 Å². The molecule has 1 aromatic rings. The van der Waals surface area contributed by atoms with Crippen LogP contribution in [-0.4, -0.2) is 24.5 Å². The van der Waals surface area contributed by atoms with Crippen molar-refractivity contribution in [2.45, 2.75) is 51.1 Å². The first-order chi connectivity index (χ1) is 9.61. The fourth-order valence-electron chi connectivity index (χ4n) is 3.66. The van der Waals surface area contributed by atoms with Crippen molar-refractivity contribution >= 4 is 11.6 Å². The van der Waals surface area contributed by atoms with Crippen molar-refractivity contribution in [3.8, 4) is 0 Å². The van der Waals surface area contributed by atoms with Gasteiger partial charge in [-0.05, 0) is 48.4 Å². The lowest BCUT2D eigenvalue weighted by molar-refractivity contribution is -0.119. The van der Waals surface area contributed by atoms with Crippen molar-refractivity contribution in [3.05, 3.63) is 28.8 Å². The summed E-state index contributed by atoms with van der Waals surface area (Å²) in [6.07, 6.45) is 4.81. The lowest BCUT2D eigenvalue weighted by atomic mass is 9.84. The normalized spacial score (nSPS) is 24.4. The second kappa shape index (κ2) is 5.09. The summed E-state index contributed by atoms with van der Waals surface area (Å²) in [6.45, 7) is 3.01. The molecule has 0 radical (unpaired) electrons. The summed E-state index contributed by atoms with van der Waals surface area (Å²) in [5, 5.41) is 0. The second-order valence-corrected chi connectivity index (χ2v) is 6.02. The molecule has 3 rings (SSSR count). The first kappa shape index (κ1) is 13.4. The zero-order valence-corrected chi connectivity index (χ0v) is 12.1. The third-order valence-corrected chi connectivity index (χ3v) is 4.63. The minimum absolute atomic E-state index is 0.186. The lowest BCUT2D eigenvalue weighted by Gasteiger charge is -2.26. The maximum Gasteiger partial charge on any atom is 0.240 e. The van der Waals surface area contributed by atoms with E-state index in [0.717, 1.165) is 38.6 Å². The molecule has 108 valence electrons. The number of nitrogens with zero attached hydrogens (tertiary/aromatic N) is 1. The molecule has 2 aliphatic rings. The van der Waals surface area contributed by atoms with E-state index >= 15 is 0 Å². The minimum atomic E-state index is -0.219. The zero-order chi connectivity index (χ0) is 14.3. The highest BCUT2D eigenvalue weighted by Gasteiger charge is 2.35. The SMILES string of the molecule is CCCN1c2ccc3c(c2CC1C(N)=O)CC(N)CC3. The quantitative estimate of drug-likeness (QED) is 0.867. The Labute approximate surface area is 120 Å². The van der Waals surface area contributed by atoms with Gasteiger partial charge in [0.1, 0.15) is 6.04 Å². The molecule has 2 unspecified atom stereocenters. The molecule has 0 spiro atoms. The van der Waals surface area contributed by atoms with Crippen molar-refractivity contribution in [2.75, 3.05) is 11.4 Å². The standard InChI is InChI=1S/C16H23N3O/c1-2-7-19-14-6-4-10-3-5-11(17)8-12(10)13(14)9-15(19)16(18)20/h4,6,11,15H,2-3,5,7-9,17H2,1H3,(H2,18,20). The molecular weight excluding hydrogens is 250 g/mol. The molecule has 0 saturated carbocycles. The molecule has 1 heterocycles. The molecule has 1 aliphatic carbocycles. The van der Waals surface area contributed by atoms with Gasteiger partial charge in [0.15, 0.2) is 0 Å². The molecule has 1 aliphatic heterocycles. The van der Waals surface area contributed by atoms with Gasteiger partial charge in [-0.25, -0.2) is 0 Å². The number of hydrogen-bond donors (Lipinski definition) is 2. The van der Waals surface area contributed by atoms with Crippen molar-refractivity contribution in [1.82, 2.24) is 0 Å². The summed E-state index contributed by atoms with van der Waals surface area (Å²) in [6, 6.07) is 4.45. The van der Waals surface area contributed by atoms with Crippen molar-refractivity contribution in [3.63, 3.8) is 0 Å². The first-order valence-corrected chi connectivity index (χ1v) is 7.57. The smallest absolute Gasteiger partial charge is 0.240 e. The van der Waals surface area contributed by atoms with Crippen LogP contribution < -0.4 is 16.4 Å². The monoisotopic (exact) mass is 273 g/mol. The van der Waals surface area contributed by atoms with Crippen molar-refractivity contribution in [2.24, 2.45) is 11.5 Å². The maximum absolute atomic E-state index is 11.7. The van der Waals surface area contributed by atoms with Crippen molar-refractivity contribution < 1.29 is 4.79 Å². The van der Waals surface area contributed by atoms with Crippen LogP contribution in [0.5, 0.6) is 0 Å². The van der Waals surface area contributed by atoms with E-state index in [0.29, 0.717) is 0 Å². The summed E-state index contributed by atoms with van der Waals surface area (Å²) in [4.78, 5) is 13.9. The van der Waals surface area contributed by atoms with Crippen LogP contribution in [0.15, 0.2) is 12.1 Å². The summed E-state index contributed by atoms with van der Waals surface area (Å²) in [5.41, 5.74) is 17.0. The van der Waals surface area contributed by atoms with E-state index in [1.165, 1.54) is 22.4 Å². The van der Waals surface area contributed by atoms with Crippen LogP contribution >= 0.6 is 0 Å². The van der Waals surface area contributed by atoms with Gasteiger partial charge in [-0.3, -0.25) is 4.79 Å². The number of amides is 1. The summed E-state index contributed by atoms with van der Waals surface area (Å²) in [7, 11) is 0. The molecule has 4 nitrogen and oxygen atoms in total. The Morgan fingerprint density at radius 3 is 2.85 bits per heavy atom. The molecule has 1 aromatic carbocycles. The van der Waals surface area contributed by atoms with E-state index in [2.05, 4.69) is 24.0 Å². The average Bonchev–Trinajstić information content (AvgIpc) is 2.79. The number of carbonyl (C=O) groups excluding carboxylic acids is 1. The van der Waals surface area contributed by atoms with Gasteiger partial charge >= 0.3 is 0 Å². The number of nitrogens with two attached hydrogens (primary N) is 2. The van der Waals surface area contributed by atoms with Crippen molar-refractivity contribution in [1.29, 1.82) is 0 Å². The Morgan fingerprint density at radius 2 is 2.15 bits per heavy atom. The van der Waals surface area contributed by atoms with Crippen LogP contribution in [0.1, 0.15) is 36.5 Å². The second-order valence-electron chi connectivity index (χ2n) is 6.02. The van der Waals surface area contributed by atoms with Crippen LogP contribution in [-0.2, 0) is 24.1 Å². The van der Waals surface area contributed by atoms with Crippen LogP contribution in [0.2, 0.25) is 0 Å². The highest BCUT2D eigenvalue weighted by molar-refractivity contribution is 5.87. The van der Waals surface area contributed by atoms with E-state index in [1.54, 1.807) is 0 Å². The molecular formula is C16H23N3O. The fraction of sp³-hybridized carbons (Fsp3) is 0.562. The average molecular weight is 273 g/mol. The Balaban J connectivity index is 2.04. The zero-order valence-electron chi connectivity index (χ0n) is 12.1. The number of rotatable bonds is 3. The molecule has 0 aromatic heterocycles.